The van der Waals surface area contributed by atoms with Gasteiger partial charge in [-0.3, -0.25) is 5.10 Å². The number of para-hydroxylation sites is 2. The third kappa shape index (κ3) is 2.93. The molecule has 0 amide bonds. The molecular weight excluding hydrogens is 364 g/mol. The maximum absolute atomic E-state index is 6.05. The number of hydrogen-bond acceptors (Lipinski definition) is 7. The van der Waals surface area contributed by atoms with Gasteiger partial charge in [0.15, 0.2) is 22.6 Å². The molecule has 4 aromatic rings. The maximum Gasteiger partial charge on any atom is 0.235 e. The van der Waals surface area contributed by atoms with Gasteiger partial charge in [0, 0.05) is 5.69 Å². The number of fused-ring (bicyclic) bond motifs is 2. The molecule has 4 heterocycles. The van der Waals surface area contributed by atoms with Crippen molar-refractivity contribution in [2.24, 2.45) is 5.92 Å². The summed E-state index contributed by atoms with van der Waals surface area (Å²) in [5.41, 5.74) is 1.81. The van der Waals surface area contributed by atoms with Gasteiger partial charge in [-0.15, -0.1) is 10.2 Å². The fraction of sp³-hybridized carbons (Fsp3) is 0.333. The molecule has 0 aliphatic carbocycles. The first-order valence-electron chi connectivity index (χ1n) is 8.82. The molecule has 0 unspecified atom stereocenters. The Bertz CT molecular complexity index is 1100. The summed E-state index contributed by atoms with van der Waals surface area (Å²) in [7, 11) is 0. The smallest absolute Gasteiger partial charge is 0.235 e. The lowest BCUT2D eigenvalue weighted by atomic mass is 10.1. The number of rotatable bonds is 4. The quantitative estimate of drug-likeness (QED) is 0.582. The monoisotopic (exact) mass is 382 g/mol. The highest BCUT2D eigenvalue weighted by molar-refractivity contribution is 7.16. The molecule has 9 heteroatoms. The van der Waals surface area contributed by atoms with E-state index in [2.05, 4.69) is 39.3 Å². The molecule has 8 nitrogen and oxygen atoms in total. The third-order valence-electron chi connectivity index (χ3n) is 4.28. The number of hydrogen-bond donors (Lipinski definition) is 1. The van der Waals surface area contributed by atoms with E-state index in [0.29, 0.717) is 23.3 Å². The number of ether oxygens (including phenoxy) is 2. The molecule has 0 fully saturated rings. The highest BCUT2D eigenvalue weighted by Gasteiger charge is 2.27. The minimum absolute atomic E-state index is 0.268. The Morgan fingerprint density at radius 3 is 2.96 bits per heavy atom. The summed E-state index contributed by atoms with van der Waals surface area (Å²) in [6.07, 6.45) is 0.666. The second-order valence-corrected chi connectivity index (χ2v) is 7.89. The van der Waals surface area contributed by atoms with Crippen molar-refractivity contribution in [1.82, 2.24) is 30.0 Å². The number of benzene rings is 1. The first-order chi connectivity index (χ1) is 13.2. The van der Waals surface area contributed by atoms with E-state index in [1.54, 1.807) is 4.52 Å². The molecule has 1 aliphatic heterocycles. The van der Waals surface area contributed by atoms with Crippen molar-refractivity contribution in [2.45, 2.75) is 26.4 Å². The fourth-order valence-electron chi connectivity index (χ4n) is 3.08. The van der Waals surface area contributed by atoms with Crippen LogP contribution in [-0.2, 0) is 6.42 Å². The number of H-pyrrole nitrogens is 1. The topological polar surface area (TPSA) is 90.2 Å². The number of aromatic amines is 1. The van der Waals surface area contributed by atoms with Gasteiger partial charge < -0.3 is 9.47 Å². The normalized spacial score (nSPS) is 16.3. The summed E-state index contributed by atoms with van der Waals surface area (Å²) in [6, 6.07) is 9.65. The van der Waals surface area contributed by atoms with E-state index >= 15 is 0 Å². The minimum atomic E-state index is -0.268. The Hall–Kier alpha value is -2.94. The highest BCUT2D eigenvalue weighted by atomic mass is 32.1. The first kappa shape index (κ1) is 16.2. The molecule has 0 bridgehead atoms. The summed E-state index contributed by atoms with van der Waals surface area (Å²) in [5.74, 6) is 2.65. The van der Waals surface area contributed by atoms with Crippen molar-refractivity contribution in [3.8, 4) is 23.0 Å². The standard InChI is InChI=1S/C18H18N6O2S/c1-10(2)7-11-8-12(20-19-11)16-21-22-18-24(16)23-17(27-18)15-9-25-13-5-3-4-6-14(13)26-15/h3-6,8,10,15H,7,9H2,1-2H3,(H,19,20)/t15-/m1/s1. The van der Waals surface area contributed by atoms with Crippen LogP contribution in [0.1, 0.15) is 30.7 Å². The van der Waals surface area contributed by atoms with E-state index in [1.165, 1.54) is 11.3 Å². The second-order valence-electron chi connectivity index (χ2n) is 6.90. The first-order valence-corrected chi connectivity index (χ1v) is 9.64. The summed E-state index contributed by atoms with van der Waals surface area (Å²) in [6.45, 7) is 4.76. The lowest BCUT2D eigenvalue weighted by Gasteiger charge is -2.24. The van der Waals surface area contributed by atoms with Gasteiger partial charge in [0.25, 0.3) is 0 Å². The van der Waals surface area contributed by atoms with Crippen molar-refractivity contribution >= 4 is 16.3 Å². The van der Waals surface area contributed by atoms with Crippen LogP contribution in [0.3, 0.4) is 0 Å². The van der Waals surface area contributed by atoms with Crippen LogP contribution in [-0.4, -0.2) is 36.6 Å². The number of nitrogens with zero attached hydrogens (tertiary/aromatic N) is 5. The maximum atomic E-state index is 6.05. The summed E-state index contributed by atoms with van der Waals surface area (Å²) < 4.78 is 13.6. The van der Waals surface area contributed by atoms with Crippen molar-refractivity contribution in [3.05, 3.63) is 41.0 Å². The van der Waals surface area contributed by atoms with E-state index in [4.69, 9.17) is 9.47 Å². The second kappa shape index (κ2) is 6.34. The molecule has 1 aliphatic rings. The van der Waals surface area contributed by atoms with Crippen LogP contribution in [0.15, 0.2) is 30.3 Å². The molecule has 0 radical (unpaired) electrons. The predicted octanol–water partition coefficient (Wildman–Crippen LogP) is 3.29. The van der Waals surface area contributed by atoms with Gasteiger partial charge in [-0.25, -0.2) is 0 Å². The minimum Gasteiger partial charge on any atom is -0.485 e. The van der Waals surface area contributed by atoms with Crippen molar-refractivity contribution in [1.29, 1.82) is 0 Å². The largest absolute Gasteiger partial charge is 0.485 e. The lowest BCUT2D eigenvalue weighted by Crippen LogP contribution is -2.21. The summed E-state index contributed by atoms with van der Waals surface area (Å²) in [5, 5.41) is 21.4. The molecule has 138 valence electrons. The molecule has 5 rings (SSSR count). The van der Waals surface area contributed by atoms with Crippen LogP contribution in [0.25, 0.3) is 16.5 Å². The Morgan fingerprint density at radius 2 is 2.11 bits per heavy atom. The van der Waals surface area contributed by atoms with E-state index < -0.39 is 0 Å². The van der Waals surface area contributed by atoms with Crippen LogP contribution >= 0.6 is 11.3 Å². The molecule has 1 aromatic carbocycles. The van der Waals surface area contributed by atoms with Crippen molar-refractivity contribution in [3.63, 3.8) is 0 Å². The average Bonchev–Trinajstić information content (AvgIpc) is 3.36. The zero-order valence-electron chi connectivity index (χ0n) is 14.9. The number of nitrogens with one attached hydrogen (secondary N) is 1. The third-order valence-corrected chi connectivity index (χ3v) is 5.27. The SMILES string of the molecule is CC(C)Cc1cc(-c2nnc3sc([C@H]4COc5ccccc5O4)nn23)n[nH]1. The molecule has 0 saturated heterocycles. The molecule has 1 atom stereocenters. The van der Waals surface area contributed by atoms with Gasteiger partial charge in [0.2, 0.25) is 10.8 Å². The summed E-state index contributed by atoms with van der Waals surface area (Å²) in [4.78, 5) is 0.705. The Labute approximate surface area is 159 Å². The van der Waals surface area contributed by atoms with Crippen LogP contribution < -0.4 is 9.47 Å². The molecular formula is C18H18N6O2S. The van der Waals surface area contributed by atoms with Gasteiger partial charge in [-0.1, -0.05) is 37.3 Å². The van der Waals surface area contributed by atoms with Crippen LogP contribution in [0.2, 0.25) is 0 Å². The molecule has 0 saturated carbocycles. The van der Waals surface area contributed by atoms with E-state index in [9.17, 15) is 0 Å². The zero-order chi connectivity index (χ0) is 18.4. The predicted molar refractivity (Wildman–Crippen MR) is 100 cm³/mol. The van der Waals surface area contributed by atoms with E-state index in [-0.39, 0.29) is 6.10 Å². The number of aromatic nitrogens is 6. The van der Waals surface area contributed by atoms with E-state index in [0.717, 1.165) is 34.3 Å². The van der Waals surface area contributed by atoms with Crippen LogP contribution in [0, 0.1) is 5.92 Å². The zero-order valence-corrected chi connectivity index (χ0v) is 15.7. The molecule has 0 spiro atoms. The van der Waals surface area contributed by atoms with Gasteiger partial charge in [-0.05, 0) is 30.5 Å². The van der Waals surface area contributed by atoms with Gasteiger partial charge >= 0.3 is 0 Å². The van der Waals surface area contributed by atoms with Gasteiger partial charge in [0.1, 0.15) is 12.3 Å². The molecule has 27 heavy (non-hydrogen) atoms. The highest BCUT2D eigenvalue weighted by Crippen LogP contribution is 2.37. The lowest BCUT2D eigenvalue weighted by molar-refractivity contribution is 0.0904. The Balaban J connectivity index is 1.45. The van der Waals surface area contributed by atoms with Crippen molar-refractivity contribution in [2.75, 3.05) is 6.61 Å². The summed E-state index contributed by atoms with van der Waals surface area (Å²) >= 11 is 1.45. The van der Waals surface area contributed by atoms with E-state index in [1.807, 2.05) is 30.3 Å². The van der Waals surface area contributed by atoms with Gasteiger partial charge in [-0.2, -0.15) is 14.7 Å². The molecule has 3 aromatic heterocycles. The average molecular weight is 382 g/mol. The van der Waals surface area contributed by atoms with Crippen LogP contribution in [0.4, 0.5) is 0 Å². The Kier molecular flexibility index (Phi) is 3.82. The Morgan fingerprint density at radius 1 is 1.26 bits per heavy atom. The van der Waals surface area contributed by atoms with Crippen molar-refractivity contribution < 1.29 is 9.47 Å². The fourth-order valence-corrected chi connectivity index (χ4v) is 3.94. The van der Waals surface area contributed by atoms with Crippen LogP contribution in [0.5, 0.6) is 11.5 Å². The molecule has 1 N–H and O–H groups in total. The van der Waals surface area contributed by atoms with Gasteiger partial charge in [0.05, 0.1) is 0 Å².